The van der Waals surface area contributed by atoms with E-state index in [0.717, 1.165) is 71.3 Å². The Hall–Kier alpha value is -4.13. The Labute approximate surface area is 268 Å². The summed E-state index contributed by atoms with van der Waals surface area (Å²) in [6.07, 6.45) is 8.77. The molecule has 2 amide bonds. The van der Waals surface area contributed by atoms with Crippen LogP contribution in [0.3, 0.4) is 0 Å². The average molecular weight is 609 g/mol. The largest absolute Gasteiger partial charge is 0.456 e. The van der Waals surface area contributed by atoms with Gasteiger partial charge in [-0.15, -0.1) is 0 Å². The van der Waals surface area contributed by atoms with Gasteiger partial charge in [0.15, 0.2) is 0 Å². The van der Waals surface area contributed by atoms with E-state index in [-0.39, 0.29) is 18.0 Å². The number of anilines is 1. The first kappa shape index (κ1) is 32.3. The number of amides is 2. The molecule has 1 N–H and O–H groups in total. The van der Waals surface area contributed by atoms with Crippen LogP contribution in [0.2, 0.25) is 0 Å². The van der Waals surface area contributed by atoms with Gasteiger partial charge in [0.2, 0.25) is 0 Å². The number of urea groups is 1. The Morgan fingerprint density at radius 2 is 1.71 bits per heavy atom. The van der Waals surface area contributed by atoms with E-state index in [4.69, 9.17) is 9.72 Å². The molecular formula is C38H48N4O3. The quantitative estimate of drug-likeness (QED) is 0.182. The molecule has 0 atom stereocenters. The fourth-order valence-corrected chi connectivity index (χ4v) is 6.19. The Balaban J connectivity index is 1.42. The number of hydrogen-bond acceptors (Lipinski definition) is 4. The Bertz CT molecular complexity index is 1610. The van der Waals surface area contributed by atoms with Crippen LogP contribution in [0, 0.1) is 0 Å². The topological polar surface area (TPSA) is 76.5 Å². The van der Waals surface area contributed by atoms with E-state index in [1.54, 1.807) is 0 Å². The van der Waals surface area contributed by atoms with Crippen molar-refractivity contribution in [2.75, 3.05) is 11.4 Å². The van der Waals surface area contributed by atoms with Gasteiger partial charge in [0.05, 0.1) is 16.6 Å². The molecule has 5 rings (SSSR count). The van der Waals surface area contributed by atoms with Crippen LogP contribution in [-0.2, 0) is 17.7 Å². The monoisotopic (exact) mass is 608 g/mol. The second kappa shape index (κ2) is 14.3. The van der Waals surface area contributed by atoms with E-state index in [1.807, 2.05) is 69.0 Å². The third-order valence-corrected chi connectivity index (χ3v) is 8.52. The third-order valence-electron chi connectivity index (χ3n) is 8.52. The van der Waals surface area contributed by atoms with Gasteiger partial charge in [0.25, 0.3) is 0 Å². The van der Waals surface area contributed by atoms with Crippen molar-refractivity contribution < 1.29 is 14.3 Å². The zero-order valence-electron chi connectivity index (χ0n) is 27.6. The number of nitrogens with zero attached hydrogens (tertiary/aromatic N) is 3. The summed E-state index contributed by atoms with van der Waals surface area (Å²) in [5.41, 5.74) is 5.80. The summed E-state index contributed by atoms with van der Waals surface area (Å²) in [5, 5.41) is 3.28. The summed E-state index contributed by atoms with van der Waals surface area (Å²) in [7, 11) is 0. The van der Waals surface area contributed by atoms with Crippen LogP contribution in [-0.4, -0.2) is 39.7 Å². The second-order valence-corrected chi connectivity index (χ2v) is 13.2. The number of rotatable bonds is 10. The number of nitrogens with one attached hydrogen (secondary N) is 1. The van der Waals surface area contributed by atoms with Gasteiger partial charge in [-0.2, -0.15) is 0 Å². The molecule has 4 aromatic rings. The lowest BCUT2D eigenvalue weighted by molar-refractivity contribution is 0.00704. The first-order valence-electron chi connectivity index (χ1n) is 16.7. The molecule has 0 spiro atoms. The molecule has 1 fully saturated rings. The molecule has 0 bridgehead atoms. The van der Waals surface area contributed by atoms with Gasteiger partial charge < -0.3 is 14.6 Å². The normalized spacial score (nSPS) is 14.0. The number of fused-ring (bicyclic) bond motifs is 1. The number of ether oxygens (including phenoxy) is 1. The molecule has 1 aliphatic carbocycles. The standard InChI is InChI=1S/C38H48N4O3/c1-6-8-18-35-40-33-24-23-30(41(7-2)37(44)39-29-14-10-9-11-15-29)25-34(33)42(35)26-27-19-21-28(22-20-27)31-16-12-13-17-32(31)36(43)45-38(3,4)5/h12-13,16-17,19-25,29H,6-11,14-15,18,26H2,1-5H3,(H,39,44). The Morgan fingerprint density at radius 3 is 2.40 bits per heavy atom. The summed E-state index contributed by atoms with van der Waals surface area (Å²) in [6, 6.07) is 22.4. The van der Waals surface area contributed by atoms with Crippen LogP contribution < -0.4 is 10.2 Å². The molecule has 0 radical (unpaired) electrons. The van der Waals surface area contributed by atoms with Crippen molar-refractivity contribution in [3.8, 4) is 11.1 Å². The lowest BCUT2D eigenvalue weighted by Gasteiger charge is -2.28. The van der Waals surface area contributed by atoms with Gasteiger partial charge in [-0.1, -0.05) is 75.1 Å². The van der Waals surface area contributed by atoms with Gasteiger partial charge in [0.1, 0.15) is 11.4 Å². The number of benzene rings is 3. The number of esters is 1. The van der Waals surface area contributed by atoms with E-state index in [0.29, 0.717) is 18.7 Å². The number of carbonyl (C=O) groups is 2. The van der Waals surface area contributed by atoms with Gasteiger partial charge in [-0.3, -0.25) is 4.90 Å². The zero-order valence-corrected chi connectivity index (χ0v) is 27.6. The Kier molecular flexibility index (Phi) is 10.3. The highest BCUT2D eigenvalue weighted by molar-refractivity contribution is 5.97. The van der Waals surface area contributed by atoms with Crippen molar-refractivity contribution in [2.24, 2.45) is 0 Å². The van der Waals surface area contributed by atoms with E-state index in [9.17, 15) is 9.59 Å². The van der Waals surface area contributed by atoms with Crippen molar-refractivity contribution in [3.05, 3.63) is 83.7 Å². The number of imidazole rings is 1. The lowest BCUT2D eigenvalue weighted by atomic mass is 9.96. The van der Waals surface area contributed by atoms with Crippen molar-refractivity contribution in [1.29, 1.82) is 0 Å². The molecule has 1 aliphatic rings. The Morgan fingerprint density at radius 1 is 0.978 bits per heavy atom. The first-order chi connectivity index (χ1) is 21.7. The minimum atomic E-state index is -0.565. The molecule has 238 valence electrons. The number of hydrogen-bond donors (Lipinski definition) is 1. The van der Waals surface area contributed by atoms with Gasteiger partial charge in [0, 0.05) is 31.2 Å². The summed E-state index contributed by atoms with van der Waals surface area (Å²) in [5.74, 6) is 0.732. The molecule has 7 nitrogen and oxygen atoms in total. The van der Waals surface area contributed by atoms with Crippen molar-refractivity contribution in [3.63, 3.8) is 0 Å². The highest BCUT2D eigenvalue weighted by atomic mass is 16.6. The number of carbonyl (C=O) groups excluding carboxylic acids is 2. The molecule has 1 saturated carbocycles. The van der Waals surface area contributed by atoms with Crippen molar-refractivity contribution >= 4 is 28.7 Å². The van der Waals surface area contributed by atoms with Gasteiger partial charge in [-0.05, 0) is 87.9 Å². The van der Waals surface area contributed by atoms with Gasteiger partial charge in [-0.25, -0.2) is 14.6 Å². The first-order valence-corrected chi connectivity index (χ1v) is 16.7. The smallest absolute Gasteiger partial charge is 0.339 e. The predicted octanol–water partition coefficient (Wildman–Crippen LogP) is 8.92. The number of aryl methyl sites for hydroxylation is 1. The fraction of sp³-hybridized carbons (Fsp3) is 0.447. The van der Waals surface area contributed by atoms with E-state index in [2.05, 4.69) is 47.1 Å². The fourth-order valence-electron chi connectivity index (χ4n) is 6.19. The predicted molar refractivity (Wildman–Crippen MR) is 183 cm³/mol. The highest BCUT2D eigenvalue weighted by Gasteiger charge is 2.23. The van der Waals surface area contributed by atoms with Crippen LogP contribution in [0.25, 0.3) is 22.2 Å². The summed E-state index contributed by atoms with van der Waals surface area (Å²) >= 11 is 0. The van der Waals surface area contributed by atoms with E-state index >= 15 is 0 Å². The van der Waals surface area contributed by atoms with Crippen molar-refractivity contribution in [1.82, 2.24) is 14.9 Å². The van der Waals surface area contributed by atoms with Gasteiger partial charge >= 0.3 is 12.0 Å². The second-order valence-electron chi connectivity index (χ2n) is 13.2. The molecule has 7 heteroatoms. The number of unbranched alkanes of at least 4 members (excludes halogenated alkanes) is 1. The van der Waals surface area contributed by atoms with Crippen LogP contribution in [0.15, 0.2) is 66.7 Å². The van der Waals surface area contributed by atoms with Crippen molar-refractivity contribution in [2.45, 2.75) is 104 Å². The zero-order chi connectivity index (χ0) is 32.0. The SMILES string of the molecule is CCCCc1nc2ccc(N(CC)C(=O)NC3CCCCC3)cc2n1Cc1ccc(-c2ccccc2C(=O)OC(C)(C)C)cc1. The minimum absolute atomic E-state index is 0.0247. The minimum Gasteiger partial charge on any atom is -0.456 e. The molecule has 0 unspecified atom stereocenters. The van der Waals surface area contributed by atoms with E-state index < -0.39 is 5.60 Å². The molecule has 1 aromatic heterocycles. The molecule has 45 heavy (non-hydrogen) atoms. The van der Waals surface area contributed by atoms with Crippen LogP contribution >= 0.6 is 0 Å². The maximum absolute atomic E-state index is 13.3. The lowest BCUT2D eigenvalue weighted by Crippen LogP contribution is -2.45. The van der Waals surface area contributed by atoms with Crippen LogP contribution in [0.5, 0.6) is 0 Å². The van der Waals surface area contributed by atoms with Crippen LogP contribution in [0.4, 0.5) is 10.5 Å². The van der Waals surface area contributed by atoms with Crippen LogP contribution in [0.1, 0.15) is 101 Å². The summed E-state index contributed by atoms with van der Waals surface area (Å²) in [4.78, 5) is 33.2. The highest BCUT2D eigenvalue weighted by Crippen LogP contribution is 2.29. The average Bonchev–Trinajstić information content (AvgIpc) is 3.36. The molecule has 0 saturated heterocycles. The summed E-state index contributed by atoms with van der Waals surface area (Å²) < 4.78 is 7.97. The summed E-state index contributed by atoms with van der Waals surface area (Å²) in [6.45, 7) is 11.1. The maximum Gasteiger partial charge on any atom is 0.339 e. The molecule has 1 heterocycles. The number of aromatic nitrogens is 2. The maximum atomic E-state index is 13.3. The molecule has 0 aliphatic heterocycles. The van der Waals surface area contributed by atoms with E-state index in [1.165, 1.54) is 19.3 Å². The molecular weight excluding hydrogens is 560 g/mol. The third kappa shape index (κ3) is 7.94. The molecule has 3 aromatic carbocycles.